The van der Waals surface area contributed by atoms with Crippen molar-refractivity contribution in [2.75, 3.05) is 0 Å². The molecular weight excluding hydrogens is 214 g/mol. The van der Waals surface area contributed by atoms with Gasteiger partial charge in [0.05, 0.1) is 11.9 Å². The molecule has 0 atom stereocenters. The maximum atomic E-state index is 4.31. The van der Waals surface area contributed by atoms with E-state index in [9.17, 15) is 0 Å². The highest BCUT2D eigenvalue weighted by atomic mass is 15.5. The van der Waals surface area contributed by atoms with Gasteiger partial charge in [0.2, 0.25) is 0 Å². The molecule has 1 saturated carbocycles. The van der Waals surface area contributed by atoms with Crippen molar-refractivity contribution in [3.8, 4) is 5.95 Å². The molecule has 0 unspecified atom stereocenters. The van der Waals surface area contributed by atoms with Crippen molar-refractivity contribution in [1.29, 1.82) is 0 Å². The van der Waals surface area contributed by atoms with Crippen LogP contribution in [0.25, 0.3) is 5.95 Å². The Labute approximate surface area is 99.9 Å². The van der Waals surface area contributed by atoms with Crippen molar-refractivity contribution in [3.63, 3.8) is 0 Å². The molecule has 0 N–H and O–H groups in total. The Morgan fingerprint density at radius 2 is 1.94 bits per heavy atom. The molecule has 0 amide bonds. The summed E-state index contributed by atoms with van der Waals surface area (Å²) in [6.07, 6.45) is 8.09. The third-order valence-corrected chi connectivity index (χ3v) is 3.04. The second-order valence-corrected chi connectivity index (χ2v) is 4.83. The fourth-order valence-electron chi connectivity index (χ4n) is 1.69. The third-order valence-electron chi connectivity index (χ3n) is 3.04. The van der Waals surface area contributed by atoms with E-state index in [2.05, 4.69) is 34.1 Å². The van der Waals surface area contributed by atoms with Gasteiger partial charge in [-0.25, -0.2) is 9.97 Å². The fraction of sp³-hybridized carbons (Fsp3) is 0.500. The Hall–Kier alpha value is -1.78. The average molecular weight is 229 g/mol. The molecule has 1 fully saturated rings. The molecule has 0 saturated heterocycles. The molecule has 2 heterocycles. The standard InChI is InChI=1S/C12H15N5/c1-8(2)10-5-13-12(14-6-10)17-7-11(15-16-17)9-3-4-9/h5-9H,3-4H2,1-2H3. The van der Waals surface area contributed by atoms with Gasteiger partial charge in [0.15, 0.2) is 0 Å². The van der Waals surface area contributed by atoms with Crippen molar-refractivity contribution in [2.24, 2.45) is 0 Å². The molecule has 5 heteroatoms. The van der Waals surface area contributed by atoms with Crippen LogP contribution in [0.3, 0.4) is 0 Å². The van der Waals surface area contributed by atoms with Crippen LogP contribution in [0, 0.1) is 0 Å². The molecule has 1 aliphatic rings. The van der Waals surface area contributed by atoms with E-state index in [1.165, 1.54) is 12.8 Å². The van der Waals surface area contributed by atoms with Crippen molar-refractivity contribution in [1.82, 2.24) is 25.0 Å². The number of aromatic nitrogens is 5. The second kappa shape index (κ2) is 3.91. The van der Waals surface area contributed by atoms with Crippen molar-refractivity contribution >= 4 is 0 Å². The van der Waals surface area contributed by atoms with Gasteiger partial charge in [-0.2, -0.15) is 4.68 Å². The summed E-state index contributed by atoms with van der Waals surface area (Å²) in [5.74, 6) is 1.65. The zero-order valence-electron chi connectivity index (χ0n) is 10.0. The predicted molar refractivity (Wildman–Crippen MR) is 63.0 cm³/mol. The Balaban J connectivity index is 1.86. The number of rotatable bonds is 3. The third kappa shape index (κ3) is 2.05. The lowest BCUT2D eigenvalue weighted by Gasteiger charge is -2.04. The molecule has 1 aliphatic carbocycles. The van der Waals surface area contributed by atoms with Crippen molar-refractivity contribution < 1.29 is 0 Å². The average Bonchev–Trinajstić information content (AvgIpc) is 3.07. The van der Waals surface area contributed by atoms with Crippen LogP contribution in [0.5, 0.6) is 0 Å². The molecule has 0 bridgehead atoms. The molecule has 2 aromatic rings. The van der Waals surface area contributed by atoms with Gasteiger partial charge in [-0.1, -0.05) is 19.1 Å². The summed E-state index contributed by atoms with van der Waals surface area (Å²) in [5.41, 5.74) is 2.19. The van der Waals surface area contributed by atoms with E-state index in [-0.39, 0.29) is 0 Å². The molecule has 88 valence electrons. The summed E-state index contributed by atoms with van der Waals surface area (Å²) in [4.78, 5) is 8.63. The van der Waals surface area contributed by atoms with Gasteiger partial charge in [-0.05, 0) is 24.3 Å². The van der Waals surface area contributed by atoms with Crippen LogP contribution >= 0.6 is 0 Å². The quantitative estimate of drug-likeness (QED) is 0.808. The lowest BCUT2D eigenvalue weighted by atomic mass is 10.1. The summed E-state index contributed by atoms with van der Waals surface area (Å²) in [5, 5.41) is 8.21. The van der Waals surface area contributed by atoms with E-state index < -0.39 is 0 Å². The van der Waals surface area contributed by atoms with Gasteiger partial charge in [0.1, 0.15) is 0 Å². The van der Waals surface area contributed by atoms with Crippen LogP contribution in [-0.2, 0) is 0 Å². The first-order valence-corrected chi connectivity index (χ1v) is 5.98. The summed E-state index contributed by atoms with van der Waals surface area (Å²) >= 11 is 0. The first-order chi connectivity index (χ1) is 8.24. The van der Waals surface area contributed by atoms with Crippen molar-refractivity contribution in [3.05, 3.63) is 29.8 Å². The highest BCUT2D eigenvalue weighted by Gasteiger charge is 2.26. The monoisotopic (exact) mass is 229 g/mol. The molecular formula is C12H15N5. The topological polar surface area (TPSA) is 56.5 Å². The number of hydrogen-bond acceptors (Lipinski definition) is 4. The number of hydrogen-bond donors (Lipinski definition) is 0. The Morgan fingerprint density at radius 1 is 1.24 bits per heavy atom. The molecule has 0 aliphatic heterocycles. The van der Waals surface area contributed by atoms with Crippen LogP contribution in [-0.4, -0.2) is 25.0 Å². The van der Waals surface area contributed by atoms with Crippen LogP contribution in [0.2, 0.25) is 0 Å². The normalized spacial score (nSPS) is 15.5. The van der Waals surface area contributed by atoms with E-state index in [0.29, 0.717) is 17.8 Å². The van der Waals surface area contributed by atoms with Gasteiger partial charge in [-0.15, -0.1) is 5.10 Å². The zero-order chi connectivity index (χ0) is 11.8. The SMILES string of the molecule is CC(C)c1cnc(-n2cc(C3CC3)nn2)nc1. The second-order valence-electron chi connectivity index (χ2n) is 4.83. The lowest BCUT2D eigenvalue weighted by molar-refractivity contribution is 0.742. The minimum Gasteiger partial charge on any atom is -0.219 e. The fourth-order valence-corrected chi connectivity index (χ4v) is 1.69. The molecule has 17 heavy (non-hydrogen) atoms. The smallest absolute Gasteiger partial charge is 0.219 e. The van der Waals surface area contributed by atoms with Crippen LogP contribution in [0.15, 0.2) is 18.6 Å². The molecule has 3 rings (SSSR count). The van der Waals surface area contributed by atoms with Crippen LogP contribution in [0.1, 0.15) is 49.8 Å². The molecule has 0 aromatic carbocycles. The summed E-state index contributed by atoms with van der Waals surface area (Å²) in [7, 11) is 0. The van der Waals surface area contributed by atoms with Crippen LogP contribution < -0.4 is 0 Å². The molecule has 0 spiro atoms. The van der Waals surface area contributed by atoms with Gasteiger partial charge in [0.25, 0.3) is 5.95 Å². The van der Waals surface area contributed by atoms with E-state index >= 15 is 0 Å². The Bertz CT molecular complexity index is 510. The Kier molecular flexibility index (Phi) is 2.39. The van der Waals surface area contributed by atoms with Gasteiger partial charge in [0, 0.05) is 18.3 Å². The van der Waals surface area contributed by atoms with Gasteiger partial charge < -0.3 is 0 Å². The van der Waals surface area contributed by atoms with E-state index in [1.807, 2.05) is 18.6 Å². The minimum atomic E-state index is 0.446. The molecule has 2 aromatic heterocycles. The Morgan fingerprint density at radius 3 is 2.53 bits per heavy atom. The molecule has 0 radical (unpaired) electrons. The number of nitrogens with zero attached hydrogens (tertiary/aromatic N) is 5. The summed E-state index contributed by atoms with van der Waals surface area (Å²) in [6.45, 7) is 4.25. The summed E-state index contributed by atoms with van der Waals surface area (Å²) < 4.78 is 1.65. The molecule has 5 nitrogen and oxygen atoms in total. The maximum Gasteiger partial charge on any atom is 0.251 e. The lowest BCUT2D eigenvalue weighted by Crippen LogP contribution is -2.03. The minimum absolute atomic E-state index is 0.446. The van der Waals surface area contributed by atoms with Gasteiger partial charge in [-0.3, -0.25) is 0 Å². The highest BCUT2D eigenvalue weighted by Crippen LogP contribution is 2.38. The summed E-state index contributed by atoms with van der Waals surface area (Å²) in [6, 6.07) is 0. The maximum absolute atomic E-state index is 4.31. The first-order valence-electron chi connectivity index (χ1n) is 5.98. The van der Waals surface area contributed by atoms with E-state index in [0.717, 1.165) is 11.3 Å². The van der Waals surface area contributed by atoms with Gasteiger partial charge >= 0.3 is 0 Å². The highest BCUT2D eigenvalue weighted by molar-refractivity contribution is 5.18. The van der Waals surface area contributed by atoms with E-state index in [1.54, 1.807) is 4.68 Å². The largest absolute Gasteiger partial charge is 0.251 e. The first kappa shape index (κ1) is 10.4. The zero-order valence-corrected chi connectivity index (χ0v) is 10.0. The van der Waals surface area contributed by atoms with E-state index in [4.69, 9.17) is 0 Å². The van der Waals surface area contributed by atoms with Crippen LogP contribution in [0.4, 0.5) is 0 Å². The van der Waals surface area contributed by atoms with Crippen molar-refractivity contribution in [2.45, 2.75) is 38.5 Å². The predicted octanol–water partition coefficient (Wildman–Crippen LogP) is 2.06.